The molecule has 1 heterocycles. The lowest BCUT2D eigenvalue weighted by molar-refractivity contribution is 0.0940. The van der Waals surface area contributed by atoms with Crippen molar-refractivity contribution >= 4 is 23.1 Å². The third-order valence-corrected chi connectivity index (χ3v) is 4.84. The summed E-state index contributed by atoms with van der Waals surface area (Å²) in [5.41, 5.74) is -0.509. The molecule has 8 nitrogen and oxygen atoms in total. The summed E-state index contributed by atoms with van der Waals surface area (Å²) >= 11 is 0. The first-order valence-electron chi connectivity index (χ1n) is 9.87. The van der Waals surface area contributed by atoms with E-state index < -0.39 is 22.7 Å². The Morgan fingerprint density at radius 2 is 1.34 bits per heavy atom. The summed E-state index contributed by atoms with van der Waals surface area (Å²) < 4.78 is -0.102. The minimum Gasteiger partial charge on any atom is -0.421 e. The number of para-hydroxylation sites is 2. The topological polar surface area (TPSA) is 107 Å². The van der Waals surface area contributed by atoms with Gasteiger partial charge >= 0.3 is 11.2 Å². The fourth-order valence-electron chi connectivity index (χ4n) is 3.32. The van der Waals surface area contributed by atoms with E-state index >= 15 is 0 Å². The number of benzene rings is 3. The molecule has 4 rings (SSSR count). The SMILES string of the molecule is O=C(NCc1ccccc1)c1c(N(c2ccccc2)c2ccccc2)[nH]c(=O)n(O)c1=O. The zero-order valence-corrected chi connectivity index (χ0v) is 16.9. The molecule has 0 aliphatic heterocycles. The molecule has 3 N–H and O–H groups in total. The number of carbonyl (C=O) groups is 1. The third kappa shape index (κ3) is 4.15. The molecule has 0 saturated heterocycles. The van der Waals surface area contributed by atoms with E-state index in [2.05, 4.69) is 10.3 Å². The van der Waals surface area contributed by atoms with Crippen LogP contribution in [0.15, 0.2) is 101 Å². The lowest BCUT2D eigenvalue weighted by atomic mass is 10.1. The highest BCUT2D eigenvalue weighted by atomic mass is 16.5. The molecule has 1 aromatic heterocycles. The van der Waals surface area contributed by atoms with Gasteiger partial charge in [0, 0.05) is 17.9 Å². The van der Waals surface area contributed by atoms with Crippen LogP contribution >= 0.6 is 0 Å². The number of H-pyrrole nitrogens is 1. The minimum absolute atomic E-state index is 0.0479. The number of aromatic amines is 1. The number of hydrogen-bond acceptors (Lipinski definition) is 5. The van der Waals surface area contributed by atoms with Crippen LogP contribution in [0.3, 0.4) is 0 Å². The Hall–Kier alpha value is -4.59. The molecule has 3 aromatic carbocycles. The van der Waals surface area contributed by atoms with E-state index in [-0.39, 0.29) is 17.1 Å². The van der Waals surface area contributed by atoms with Gasteiger partial charge in [-0.3, -0.25) is 19.5 Å². The number of aromatic nitrogens is 2. The summed E-state index contributed by atoms with van der Waals surface area (Å²) in [6.45, 7) is 0.166. The van der Waals surface area contributed by atoms with Crippen LogP contribution in [-0.4, -0.2) is 20.8 Å². The van der Waals surface area contributed by atoms with Crippen LogP contribution in [0, 0.1) is 0 Å². The fourth-order valence-corrected chi connectivity index (χ4v) is 3.32. The van der Waals surface area contributed by atoms with Gasteiger partial charge in [0.1, 0.15) is 11.4 Å². The van der Waals surface area contributed by atoms with Crippen LogP contribution in [0.2, 0.25) is 0 Å². The number of hydrogen-bond donors (Lipinski definition) is 3. The molecule has 0 bridgehead atoms. The number of amides is 1. The molecule has 8 heteroatoms. The van der Waals surface area contributed by atoms with Gasteiger partial charge in [-0.2, -0.15) is 0 Å². The van der Waals surface area contributed by atoms with Gasteiger partial charge in [-0.15, -0.1) is 0 Å². The quantitative estimate of drug-likeness (QED) is 0.409. The summed E-state index contributed by atoms with van der Waals surface area (Å²) in [5.74, 6) is -0.780. The van der Waals surface area contributed by atoms with Gasteiger partial charge in [0.25, 0.3) is 5.91 Å². The fraction of sp³-hybridized carbons (Fsp3) is 0.0417. The summed E-state index contributed by atoms with van der Waals surface area (Å²) in [5, 5.41) is 12.6. The molecule has 0 unspecified atom stereocenters. The summed E-state index contributed by atoms with van der Waals surface area (Å²) in [4.78, 5) is 42.3. The average molecular weight is 428 g/mol. The van der Waals surface area contributed by atoms with Crippen LogP contribution in [0.5, 0.6) is 0 Å². The molecular weight excluding hydrogens is 408 g/mol. The second-order valence-electron chi connectivity index (χ2n) is 6.95. The maximum absolute atomic E-state index is 13.1. The van der Waals surface area contributed by atoms with Crippen molar-refractivity contribution in [1.82, 2.24) is 15.0 Å². The maximum atomic E-state index is 13.1. The lowest BCUT2D eigenvalue weighted by Crippen LogP contribution is -2.41. The smallest absolute Gasteiger partial charge is 0.363 e. The molecule has 0 radical (unpaired) electrons. The van der Waals surface area contributed by atoms with Crippen molar-refractivity contribution in [2.24, 2.45) is 0 Å². The molecule has 1 amide bonds. The van der Waals surface area contributed by atoms with E-state index in [1.807, 2.05) is 42.5 Å². The van der Waals surface area contributed by atoms with Crippen molar-refractivity contribution in [3.63, 3.8) is 0 Å². The Kier molecular flexibility index (Phi) is 5.85. The van der Waals surface area contributed by atoms with Crippen LogP contribution in [0.25, 0.3) is 0 Å². The van der Waals surface area contributed by atoms with Gasteiger partial charge in [-0.25, -0.2) is 4.79 Å². The summed E-state index contributed by atoms with van der Waals surface area (Å²) in [7, 11) is 0. The number of nitrogens with one attached hydrogen (secondary N) is 2. The Labute approximate surface area is 183 Å². The van der Waals surface area contributed by atoms with Gasteiger partial charge in [-0.05, 0) is 29.8 Å². The van der Waals surface area contributed by atoms with Gasteiger partial charge < -0.3 is 10.5 Å². The molecule has 32 heavy (non-hydrogen) atoms. The van der Waals surface area contributed by atoms with Crippen molar-refractivity contribution < 1.29 is 10.0 Å². The van der Waals surface area contributed by atoms with Crippen molar-refractivity contribution in [1.29, 1.82) is 0 Å². The first kappa shape index (κ1) is 20.7. The van der Waals surface area contributed by atoms with Crippen LogP contribution in [-0.2, 0) is 6.54 Å². The number of anilines is 3. The van der Waals surface area contributed by atoms with Crippen LogP contribution < -0.4 is 21.5 Å². The standard InChI is InChI=1S/C24H20N4O4/c29-22(25-16-17-10-4-1-5-11-17)20-21(26-24(31)28(32)23(20)30)27(18-12-6-2-7-13-18)19-14-8-3-9-15-19/h1-15,32H,16H2,(H,25,29)(H,26,31). The van der Waals surface area contributed by atoms with E-state index in [4.69, 9.17) is 0 Å². The summed E-state index contributed by atoms with van der Waals surface area (Å²) in [6.07, 6.45) is 0. The zero-order valence-electron chi connectivity index (χ0n) is 16.9. The molecule has 160 valence electrons. The Bertz CT molecular complexity index is 1290. The maximum Gasteiger partial charge on any atom is 0.363 e. The average Bonchev–Trinajstić information content (AvgIpc) is 2.83. The Balaban J connectivity index is 1.86. The van der Waals surface area contributed by atoms with E-state index in [9.17, 15) is 19.6 Å². The predicted molar refractivity (Wildman–Crippen MR) is 121 cm³/mol. The normalized spacial score (nSPS) is 10.5. The highest BCUT2D eigenvalue weighted by molar-refractivity contribution is 6.00. The van der Waals surface area contributed by atoms with Gasteiger partial charge in [0.15, 0.2) is 0 Å². The Morgan fingerprint density at radius 3 is 1.88 bits per heavy atom. The monoisotopic (exact) mass is 428 g/mol. The van der Waals surface area contributed by atoms with Crippen LogP contribution in [0.4, 0.5) is 17.2 Å². The van der Waals surface area contributed by atoms with Crippen molar-refractivity contribution in [3.05, 3.63) is 123 Å². The van der Waals surface area contributed by atoms with Crippen LogP contribution in [0.1, 0.15) is 15.9 Å². The second kappa shape index (κ2) is 9.05. The predicted octanol–water partition coefficient (Wildman–Crippen LogP) is 3.17. The number of nitrogens with zero attached hydrogens (tertiary/aromatic N) is 2. The number of carbonyl (C=O) groups excluding carboxylic acids is 1. The van der Waals surface area contributed by atoms with E-state index in [1.165, 1.54) is 0 Å². The Morgan fingerprint density at radius 1 is 0.844 bits per heavy atom. The molecule has 0 aliphatic rings. The van der Waals surface area contributed by atoms with Gasteiger partial charge in [0.05, 0.1) is 0 Å². The molecule has 0 saturated carbocycles. The summed E-state index contributed by atoms with van der Waals surface area (Å²) in [6, 6.07) is 27.1. The van der Waals surface area contributed by atoms with E-state index in [0.717, 1.165) is 5.56 Å². The highest BCUT2D eigenvalue weighted by Crippen LogP contribution is 2.33. The van der Waals surface area contributed by atoms with Gasteiger partial charge in [-0.1, -0.05) is 71.5 Å². The zero-order chi connectivity index (χ0) is 22.5. The van der Waals surface area contributed by atoms with E-state index in [1.54, 1.807) is 53.4 Å². The highest BCUT2D eigenvalue weighted by Gasteiger charge is 2.26. The van der Waals surface area contributed by atoms with Crippen molar-refractivity contribution in [2.45, 2.75) is 6.54 Å². The first-order chi connectivity index (χ1) is 15.6. The molecule has 0 fully saturated rings. The second-order valence-corrected chi connectivity index (χ2v) is 6.95. The molecule has 0 spiro atoms. The van der Waals surface area contributed by atoms with E-state index in [0.29, 0.717) is 11.4 Å². The first-order valence-corrected chi connectivity index (χ1v) is 9.87. The lowest BCUT2D eigenvalue weighted by Gasteiger charge is -2.26. The molecule has 0 atom stereocenters. The van der Waals surface area contributed by atoms with Gasteiger partial charge in [0.2, 0.25) is 0 Å². The van der Waals surface area contributed by atoms with Crippen molar-refractivity contribution in [3.8, 4) is 0 Å². The molecule has 0 aliphatic carbocycles. The number of rotatable bonds is 6. The largest absolute Gasteiger partial charge is 0.421 e. The molecule has 4 aromatic rings. The molecular formula is C24H20N4O4. The third-order valence-electron chi connectivity index (χ3n) is 4.84. The minimum atomic E-state index is -1.12. The van der Waals surface area contributed by atoms with Crippen molar-refractivity contribution in [2.75, 3.05) is 4.90 Å².